The van der Waals surface area contributed by atoms with Gasteiger partial charge in [0.1, 0.15) is 5.75 Å². The Bertz CT molecular complexity index is 983. The first kappa shape index (κ1) is 20.3. The monoisotopic (exact) mass is 388 g/mol. The number of rotatable bonds is 8. The van der Waals surface area contributed by atoms with E-state index in [1.54, 1.807) is 24.5 Å². The van der Waals surface area contributed by atoms with E-state index in [2.05, 4.69) is 10.3 Å². The molecular weight excluding hydrogens is 364 g/mol. The van der Waals surface area contributed by atoms with E-state index in [1.807, 2.05) is 49.4 Å². The van der Waals surface area contributed by atoms with E-state index >= 15 is 0 Å². The van der Waals surface area contributed by atoms with Crippen LogP contribution in [0, 0.1) is 0 Å². The average Bonchev–Trinajstić information content (AvgIpc) is 2.76. The quantitative estimate of drug-likeness (QED) is 0.564. The fourth-order valence-electron chi connectivity index (χ4n) is 3.15. The number of aromatic hydroxyl groups is 1. The lowest BCUT2D eigenvalue weighted by molar-refractivity contribution is -0.121. The summed E-state index contributed by atoms with van der Waals surface area (Å²) in [6, 6.07) is 16.4. The number of aromatic nitrogens is 1. The van der Waals surface area contributed by atoms with Crippen LogP contribution in [0.4, 0.5) is 0 Å². The standard InChI is InChI=1S/C24H24N2O3/c1-2-18-14-20(19-5-8-21(27)9-6-19)7-10-22(18)23(28)11-12-24(29)26-16-17-4-3-13-25-15-17/h3-10,13-15,27H,2,11-12,16H2,1H3,(H,26,29). The van der Waals surface area contributed by atoms with Crippen molar-refractivity contribution in [3.8, 4) is 16.9 Å². The summed E-state index contributed by atoms with van der Waals surface area (Å²) in [6.45, 7) is 2.41. The molecule has 29 heavy (non-hydrogen) atoms. The summed E-state index contributed by atoms with van der Waals surface area (Å²) in [5, 5.41) is 12.3. The highest BCUT2D eigenvalue weighted by atomic mass is 16.3. The number of hydrogen-bond acceptors (Lipinski definition) is 4. The largest absolute Gasteiger partial charge is 0.508 e. The van der Waals surface area contributed by atoms with Crippen molar-refractivity contribution in [3.05, 3.63) is 83.7 Å². The molecule has 0 saturated carbocycles. The summed E-state index contributed by atoms with van der Waals surface area (Å²) < 4.78 is 0. The van der Waals surface area contributed by atoms with Gasteiger partial charge in [0.25, 0.3) is 0 Å². The van der Waals surface area contributed by atoms with Crippen molar-refractivity contribution >= 4 is 11.7 Å². The van der Waals surface area contributed by atoms with Gasteiger partial charge in [-0.15, -0.1) is 0 Å². The van der Waals surface area contributed by atoms with Crippen molar-refractivity contribution in [3.63, 3.8) is 0 Å². The topological polar surface area (TPSA) is 79.3 Å². The van der Waals surface area contributed by atoms with Crippen LogP contribution in [-0.2, 0) is 17.8 Å². The molecule has 0 saturated heterocycles. The normalized spacial score (nSPS) is 10.5. The molecule has 3 rings (SSSR count). The Morgan fingerprint density at radius 1 is 1.00 bits per heavy atom. The number of Topliss-reactive ketones (excluding diaryl/α,β-unsaturated/α-hetero) is 1. The molecule has 148 valence electrons. The summed E-state index contributed by atoms with van der Waals surface area (Å²) in [7, 11) is 0. The summed E-state index contributed by atoms with van der Waals surface area (Å²) >= 11 is 0. The molecule has 0 aliphatic heterocycles. The first-order valence-corrected chi connectivity index (χ1v) is 9.68. The van der Waals surface area contributed by atoms with Crippen LogP contribution in [0.2, 0.25) is 0 Å². The van der Waals surface area contributed by atoms with E-state index in [0.29, 0.717) is 12.1 Å². The van der Waals surface area contributed by atoms with Crippen LogP contribution in [0.3, 0.4) is 0 Å². The first-order valence-electron chi connectivity index (χ1n) is 9.68. The number of amides is 1. The number of benzene rings is 2. The number of pyridine rings is 1. The van der Waals surface area contributed by atoms with E-state index in [-0.39, 0.29) is 30.3 Å². The molecule has 2 N–H and O–H groups in total. The minimum absolute atomic E-state index is 0.0318. The van der Waals surface area contributed by atoms with Crippen molar-refractivity contribution in [1.29, 1.82) is 0 Å². The number of carbonyl (C=O) groups is 2. The summed E-state index contributed by atoms with van der Waals surface area (Å²) in [4.78, 5) is 28.8. The fraction of sp³-hybridized carbons (Fsp3) is 0.208. The predicted molar refractivity (Wildman–Crippen MR) is 113 cm³/mol. The van der Waals surface area contributed by atoms with Gasteiger partial charge in [0.05, 0.1) is 0 Å². The number of nitrogens with zero attached hydrogens (tertiary/aromatic N) is 1. The molecular formula is C24H24N2O3. The highest BCUT2D eigenvalue weighted by molar-refractivity contribution is 5.99. The van der Waals surface area contributed by atoms with Crippen molar-refractivity contribution in [2.24, 2.45) is 0 Å². The maximum atomic E-state index is 12.7. The number of aryl methyl sites for hydroxylation is 1. The summed E-state index contributed by atoms with van der Waals surface area (Å²) in [5.41, 5.74) is 4.51. The van der Waals surface area contributed by atoms with E-state index in [9.17, 15) is 14.7 Å². The molecule has 2 aromatic carbocycles. The molecule has 0 fully saturated rings. The van der Waals surface area contributed by atoms with Crippen molar-refractivity contribution < 1.29 is 14.7 Å². The Hall–Kier alpha value is -3.47. The van der Waals surface area contributed by atoms with E-state index in [4.69, 9.17) is 0 Å². The van der Waals surface area contributed by atoms with Crippen LogP contribution in [0.15, 0.2) is 67.0 Å². The first-order chi connectivity index (χ1) is 14.1. The van der Waals surface area contributed by atoms with Crippen LogP contribution < -0.4 is 5.32 Å². The van der Waals surface area contributed by atoms with Gasteiger partial charge < -0.3 is 10.4 Å². The second-order valence-electron chi connectivity index (χ2n) is 6.83. The van der Waals surface area contributed by atoms with Crippen LogP contribution in [-0.4, -0.2) is 21.8 Å². The maximum Gasteiger partial charge on any atom is 0.220 e. The van der Waals surface area contributed by atoms with Gasteiger partial charge in [-0.2, -0.15) is 0 Å². The third kappa shape index (κ3) is 5.51. The highest BCUT2D eigenvalue weighted by Gasteiger charge is 2.14. The highest BCUT2D eigenvalue weighted by Crippen LogP contribution is 2.25. The van der Waals surface area contributed by atoms with Gasteiger partial charge in [-0.3, -0.25) is 14.6 Å². The third-order valence-corrected chi connectivity index (χ3v) is 4.78. The van der Waals surface area contributed by atoms with E-state index < -0.39 is 0 Å². The molecule has 0 spiro atoms. The lowest BCUT2D eigenvalue weighted by Crippen LogP contribution is -2.23. The Morgan fingerprint density at radius 2 is 1.76 bits per heavy atom. The maximum absolute atomic E-state index is 12.7. The van der Waals surface area contributed by atoms with Gasteiger partial charge in [0.15, 0.2) is 5.78 Å². The fourth-order valence-corrected chi connectivity index (χ4v) is 3.15. The van der Waals surface area contributed by atoms with Crippen LogP contribution in [0.5, 0.6) is 5.75 Å². The molecule has 0 unspecified atom stereocenters. The Balaban J connectivity index is 1.61. The molecule has 0 aliphatic carbocycles. The number of nitrogens with one attached hydrogen (secondary N) is 1. The molecule has 0 radical (unpaired) electrons. The molecule has 1 aromatic heterocycles. The van der Waals surface area contributed by atoms with Gasteiger partial charge in [-0.05, 0) is 46.9 Å². The van der Waals surface area contributed by atoms with Gasteiger partial charge >= 0.3 is 0 Å². The zero-order valence-corrected chi connectivity index (χ0v) is 16.4. The minimum Gasteiger partial charge on any atom is -0.508 e. The van der Waals surface area contributed by atoms with Crippen LogP contribution in [0.1, 0.15) is 41.3 Å². The number of ketones is 1. The molecule has 5 nitrogen and oxygen atoms in total. The van der Waals surface area contributed by atoms with E-state index in [0.717, 1.165) is 28.7 Å². The molecule has 1 amide bonds. The Kier molecular flexibility index (Phi) is 6.74. The van der Waals surface area contributed by atoms with Crippen LogP contribution >= 0.6 is 0 Å². The average molecular weight is 388 g/mol. The SMILES string of the molecule is CCc1cc(-c2ccc(O)cc2)ccc1C(=O)CCC(=O)NCc1cccnc1. The zero-order valence-electron chi connectivity index (χ0n) is 16.4. The lowest BCUT2D eigenvalue weighted by atomic mass is 9.94. The second kappa shape index (κ2) is 9.64. The van der Waals surface area contributed by atoms with Crippen molar-refractivity contribution in [2.75, 3.05) is 0 Å². The molecule has 0 bridgehead atoms. The third-order valence-electron chi connectivity index (χ3n) is 4.78. The molecule has 0 atom stereocenters. The molecule has 1 heterocycles. The van der Waals surface area contributed by atoms with Crippen molar-refractivity contribution in [2.45, 2.75) is 32.7 Å². The van der Waals surface area contributed by atoms with Gasteiger partial charge in [0, 0.05) is 37.3 Å². The minimum atomic E-state index is -0.152. The Labute approximate surface area is 170 Å². The summed E-state index contributed by atoms with van der Waals surface area (Å²) in [6.07, 6.45) is 4.43. The summed E-state index contributed by atoms with van der Waals surface area (Å²) in [5.74, 6) is 0.0367. The number of phenols is 1. The van der Waals surface area contributed by atoms with Gasteiger partial charge in [-0.25, -0.2) is 0 Å². The van der Waals surface area contributed by atoms with E-state index in [1.165, 1.54) is 0 Å². The van der Waals surface area contributed by atoms with Crippen LogP contribution in [0.25, 0.3) is 11.1 Å². The number of hydrogen-bond donors (Lipinski definition) is 2. The Morgan fingerprint density at radius 3 is 2.45 bits per heavy atom. The second-order valence-corrected chi connectivity index (χ2v) is 6.83. The molecule has 5 heteroatoms. The van der Waals surface area contributed by atoms with Gasteiger partial charge in [0.2, 0.25) is 5.91 Å². The predicted octanol–water partition coefficient (Wildman–Crippen LogP) is 4.30. The molecule has 3 aromatic rings. The van der Waals surface area contributed by atoms with Gasteiger partial charge in [-0.1, -0.05) is 43.3 Å². The van der Waals surface area contributed by atoms with Crippen molar-refractivity contribution in [1.82, 2.24) is 10.3 Å². The lowest BCUT2D eigenvalue weighted by Gasteiger charge is -2.11. The zero-order chi connectivity index (χ0) is 20.6. The smallest absolute Gasteiger partial charge is 0.220 e. The molecule has 0 aliphatic rings. The number of carbonyl (C=O) groups excluding carboxylic acids is 2. The number of phenolic OH excluding ortho intramolecular Hbond substituents is 1.